The van der Waals surface area contributed by atoms with Crippen LogP contribution in [0.25, 0.3) is 42.3 Å². The molecule has 8 aliphatic rings. The Morgan fingerprint density at radius 2 is 0.630 bits per heavy atom. The van der Waals surface area contributed by atoms with Crippen LogP contribution in [0.1, 0.15) is 141 Å². The number of fused-ring (bicyclic) bond motifs is 12. The highest BCUT2D eigenvalue weighted by atomic mass is 32.2. The fourth-order valence-corrected chi connectivity index (χ4v) is 22.1. The summed E-state index contributed by atoms with van der Waals surface area (Å²) in [6.45, 7) is 21.3. The summed E-state index contributed by atoms with van der Waals surface area (Å²) in [6.07, 6.45) is 14.2. The number of carbonyl (C=O) groups excluding carboxylic acids is 9. The minimum atomic E-state index is -3.84. The number of Topliss-reactive ketones (excluding diaryl/α,β-unsaturated/α-hetero) is 2. The third-order valence-electron chi connectivity index (χ3n) is 24.0. The van der Waals surface area contributed by atoms with Gasteiger partial charge in [-0.2, -0.15) is 0 Å². The summed E-state index contributed by atoms with van der Waals surface area (Å²) in [4.78, 5) is 181. The van der Waals surface area contributed by atoms with Crippen LogP contribution >= 0.6 is 45.3 Å². The average Bonchev–Trinajstić information content (AvgIpc) is 1.65. The highest BCUT2D eigenvalue weighted by Crippen LogP contribution is 2.43. The molecule has 4 saturated heterocycles. The lowest BCUT2D eigenvalue weighted by atomic mass is 10.00. The van der Waals surface area contributed by atoms with E-state index < -0.39 is 10.0 Å². The van der Waals surface area contributed by atoms with Gasteiger partial charge in [0.1, 0.15) is 11.6 Å². The van der Waals surface area contributed by atoms with Gasteiger partial charge in [0.25, 0.3) is 23.6 Å². The lowest BCUT2D eigenvalue weighted by molar-refractivity contribution is -0.131. The van der Waals surface area contributed by atoms with Crippen molar-refractivity contribution in [1.29, 1.82) is 0 Å². The number of aryl methyl sites for hydroxylation is 10. The zero-order valence-electron chi connectivity index (χ0n) is 75.5. The lowest BCUT2D eigenvalue weighted by Gasteiger charge is -2.33. The molecule has 8 aromatic heterocycles. The third kappa shape index (κ3) is 22.1. The molecule has 4 aliphatic heterocycles. The predicted octanol–water partition coefficient (Wildman–Crippen LogP) is 10.3. The molecule has 7 amide bonds. The number of hydrogen-bond acceptors (Lipinski definition) is 32. The van der Waals surface area contributed by atoms with Crippen molar-refractivity contribution < 1.29 is 51.6 Å². The van der Waals surface area contributed by atoms with E-state index in [2.05, 4.69) is 103 Å². The maximum atomic E-state index is 13.1. The molecule has 4 fully saturated rings. The summed E-state index contributed by atoms with van der Waals surface area (Å²) in [5, 5.41) is 23.2. The van der Waals surface area contributed by atoms with Crippen molar-refractivity contribution in [2.24, 2.45) is 5.14 Å². The molecule has 0 spiro atoms. The zero-order valence-corrected chi connectivity index (χ0v) is 79.5. The number of carbonyl (C=O) groups is 9. The van der Waals surface area contributed by atoms with E-state index in [-0.39, 0.29) is 57.8 Å². The number of nitrogens with zero attached hydrogens (tertiary/aromatic N) is 19. The van der Waals surface area contributed by atoms with Gasteiger partial charge in [0.05, 0.1) is 70.0 Å². The Kier molecular flexibility index (Phi) is 28.1. The summed E-state index contributed by atoms with van der Waals surface area (Å²) in [7, 11) is -3.84. The Labute approximate surface area is 794 Å². The second kappa shape index (κ2) is 40.7. The first-order valence-corrected chi connectivity index (χ1v) is 49.4. The molecule has 20 rings (SSSR count). The molecular formula is C94H99N25O11S5. The Bertz CT molecular complexity index is 6750. The number of thiazole rings is 4. The fourth-order valence-electron chi connectivity index (χ4n) is 17.1. The number of nitrogens with one attached hydrogen (secondary N) is 5. The maximum absolute atomic E-state index is 13.1. The molecule has 0 unspecified atom stereocenters. The number of sulfonamides is 1. The normalized spacial score (nSPS) is 15.1. The molecule has 41 heteroatoms. The van der Waals surface area contributed by atoms with Crippen LogP contribution < -0.4 is 31.7 Å². The van der Waals surface area contributed by atoms with Gasteiger partial charge in [0.15, 0.2) is 20.0 Å². The van der Waals surface area contributed by atoms with Gasteiger partial charge in [-0.3, -0.25) is 43.2 Å². The first-order chi connectivity index (χ1) is 65.0. The molecule has 0 atom stereocenters. The number of primary sulfonamides is 1. The fraction of sp³-hybridized carbons (Fsp3) is 0.351. The third-order valence-corrected chi connectivity index (χ3v) is 29.3. The van der Waals surface area contributed by atoms with Crippen LogP contribution in [0.15, 0.2) is 121 Å². The van der Waals surface area contributed by atoms with Crippen molar-refractivity contribution >= 4 is 155 Å². The predicted molar refractivity (Wildman–Crippen MR) is 514 cm³/mol. The van der Waals surface area contributed by atoms with Crippen LogP contribution in [0.2, 0.25) is 0 Å². The summed E-state index contributed by atoms with van der Waals surface area (Å²) in [5.41, 5.74) is 18.2. The average molecular weight is 1920 g/mol. The summed E-state index contributed by atoms with van der Waals surface area (Å²) in [6, 6.07) is 27.7. The van der Waals surface area contributed by atoms with Crippen LogP contribution in [0.4, 0.5) is 46.5 Å². The largest absolute Gasteiger partial charge is 0.339 e. The Balaban J connectivity index is 0.000000125. The molecule has 0 radical (unpaired) electrons. The molecular weight excluding hydrogens is 1820 g/mol. The SMILES string of the molecule is CC(=O)Cc1cccc(Nc2ncc3c(n2)-c2sc(C(=O)N4CCN(C(C)=O)CC4)nc2CC3)c1.CC(=O)Cc1cccc(Nc2ncc3c(n2)-c2sc(C(=O)N4CCNCC4)nc2CC3)c1.CC(=O)N1CCN(C(=O)c2nc3c(s2)-c2nc(Nc4cc(C)cc(C)c4)ncc2CC3)CC1.CC(=O)N1CCN(C(=O)c2nc3c(s2)-c2nc(Nc4cccc(S(N)(=O)=O)c4)ncc2CC3)CC1. The second-order valence-electron chi connectivity index (χ2n) is 34.0. The summed E-state index contributed by atoms with van der Waals surface area (Å²) >= 11 is 5.52. The quantitative estimate of drug-likeness (QED) is 0.0493. The van der Waals surface area contributed by atoms with Gasteiger partial charge in [-0.05, 0) is 178 Å². The number of nitrogens with two attached hydrogens (primary N) is 1. The molecule has 12 heterocycles. The molecule has 696 valence electrons. The molecule has 0 bridgehead atoms. The number of anilines is 8. The molecule has 4 aromatic carbocycles. The van der Waals surface area contributed by atoms with Crippen molar-refractivity contribution in [3.8, 4) is 42.3 Å². The minimum Gasteiger partial charge on any atom is -0.339 e. The van der Waals surface area contributed by atoms with E-state index in [1.54, 1.807) is 75.4 Å². The highest BCUT2D eigenvalue weighted by molar-refractivity contribution is 7.89. The van der Waals surface area contributed by atoms with Gasteiger partial charge in [-0.25, -0.2) is 73.4 Å². The van der Waals surface area contributed by atoms with Gasteiger partial charge >= 0.3 is 0 Å². The van der Waals surface area contributed by atoms with Gasteiger partial charge in [0, 0.05) is 186 Å². The first-order valence-electron chi connectivity index (χ1n) is 44.5. The number of piperazine rings is 4. The van der Waals surface area contributed by atoms with Crippen LogP contribution in [-0.4, -0.2) is 260 Å². The van der Waals surface area contributed by atoms with Crippen molar-refractivity contribution in [2.45, 2.75) is 118 Å². The van der Waals surface area contributed by atoms with E-state index in [9.17, 15) is 51.6 Å². The molecule has 36 nitrogen and oxygen atoms in total. The Morgan fingerprint density at radius 1 is 0.348 bits per heavy atom. The van der Waals surface area contributed by atoms with Crippen LogP contribution in [0, 0.1) is 13.8 Å². The number of aromatic nitrogens is 12. The van der Waals surface area contributed by atoms with Gasteiger partial charge in [-0.1, -0.05) is 36.4 Å². The van der Waals surface area contributed by atoms with Crippen molar-refractivity contribution in [1.82, 2.24) is 99.4 Å². The molecule has 7 N–H and O–H groups in total. The van der Waals surface area contributed by atoms with Crippen molar-refractivity contribution in [3.63, 3.8) is 0 Å². The summed E-state index contributed by atoms with van der Waals surface area (Å²) < 4.78 is 23.3. The van der Waals surface area contributed by atoms with Gasteiger partial charge in [0.2, 0.25) is 51.5 Å². The maximum Gasteiger partial charge on any atom is 0.282 e. The van der Waals surface area contributed by atoms with E-state index in [1.165, 1.54) is 75.5 Å². The smallest absolute Gasteiger partial charge is 0.282 e. The van der Waals surface area contributed by atoms with E-state index in [1.807, 2.05) is 72.0 Å². The van der Waals surface area contributed by atoms with Crippen molar-refractivity contribution in [3.05, 3.63) is 203 Å². The van der Waals surface area contributed by atoms with Crippen LogP contribution in [-0.2, 0) is 98.2 Å². The van der Waals surface area contributed by atoms with E-state index >= 15 is 0 Å². The van der Waals surface area contributed by atoms with Gasteiger partial charge < -0.3 is 60.9 Å². The van der Waals surface area contributed by atoms with E-state index in [4.69, 9.17) is 20.1 Å². The van der Waals surface area contributed by atoms with Gasteiger partial charge in [-0.15, -0.1) is 45.3 Å². The topological polar surface area (TPSA) is 451 Å². The summed E-state index contributed by atoms with van der Waals surface area (Å²) in [5.74, 6) is 1.80. The Hall–Kier alpha value is -13.6. The van der Waals surface area contributed by atoms with Crippen LogP contribution in [0.5, 0.6) is 0 Å². The number of ketones is 2. The number of amides is 7. The highest BCUT2D eigenvalue weighted by Gasteiger charge is 2.36. The van der Waals surface area contributed by atoms with Crippen LogP contribution in [0.3, 0.4) is 0 Å². The molecule has 0 saturated carbocycles. The van der Waals surface area contributed by atoms with Crippen molar-refractivity contribution in [2.75, 3.05) is 126 Å². The minimum absolute atomic E-state index is 0.00198. The van der Waals surface area contributed by atoms with E-state index in [0.29, 0.717) is 173 Å². The molecule has 4 aliphatic carbocycles. The first kappa shape index (κ1) is 93.2. The zero-order chi connectivity index (χ0) is 94.5. The Morgan fingerprint density at radius 3 is 0.926 bits per heavy atom. The van der Waals surface area contributed by atoms with E-state index in [0.717, 1.165) is 161 Å². The standard InChI is InChI=1S/C25H26N6O3S.C24H26N6O2S.C23H24N6O2S.C22H23N7O4S2/c1-15(32)12-17-4-3-5-19(13-17)27-25-26-14-18-6-7-20-22(21(18)29-25)35-23(28-20)24(34)31-10-8-30(9-11-31)16(2)33;1-14-10-15(2)12-18(11-14)26-24-25-13-17-4-5-19-21(20(17)28-24)33-22(27-19)23(32)30-8-6-29(7-9-30)16(3)31;1-14(30)11-15-3-2-4-17(12-15)26-23-25-13-16-5-6-18-20(19(16)28-23)32-21(27-18)22(31)29-9-7-24-8-10-29;1-13(30)28-7-9-29(10-8-28)21(31)20-26-17-6-5-14-12-24-22(27-18(14)19(17)34-20)25-15-3-2-4-16(11-15)35(23,32)33/h3-5,13-14H,6-12H2,1-2H3,(H,26,27,29);10-13H,4-9H2,1-3H3,(H,25,26,28);2-4,12-13,24H,5-11H2,1H3,(H,25,26,28);2-4,11-12H,5-10H2,1H3,(H2,23,32,33)(H,24,25,27). The monoisotopic (exact) mass is 1910 g/mol. The molecule has 135 heavy (non-hydrogen) atoms. The number of rotatable bonds is 17. The lowest BCUT2D eigenvalue weighted by Crippen LogP contribution is -2.50. The molecule has 12 aromatic rings. The second-order valence-corrected chi connectivity index (χ2v) is 39.6. The number of hydrogen-bond donors (Lipinski definition) is 6. The number of benzene rings is 4.